The molecule has 1 aromatic carbocycles. The molecule has 4 N–H and O–H groups in total. The van der Waals surface area contributed by atoms with Gasteiger partial charge in [0, 0.05) is 0 Å². The van der Waals surface area contributed by atoms with Crippen LogP contribution >= 0.6 is 0 Å². The van der Waals surface area contributed by atoms with E-state index in [0.29, 0.717) is 16.6 Å². The molecule has 0 amide bonds. The van der Waals surface area contributed by atoms with E-state index in [4.69, 9.17) is 10.2 Å². The third-order valence-electron chi connectivity index (χ3n) is 2.42. The lowest BCUT2D eigenvalue weighted by Gasteiger charge is -2.08. The van der Waals surface area contributed by atoms with E-state index in [9.17, 15) is 9.59 Å². The predicted octanol–water partition coefficient (Wildman–Crippen LogP) is 0.0167. The Bertz CT molecular complexity index is 584. The number of hydrogen-bond acceptors (Lipinski definition) is 3. The van der Waals surface area contributed by atoms with Crippen molar-refractivity contribution in [1.29, 1.82) is 0 Å². The summed E-state index contributed by atoms with van der Waals surface area (Å²) in [6.45, 7) is -0.477. The predicted molar refractivity (Wildman–Crippen MR) is 56.4 cm³/mol. The van der Waals surface area contributed by atoms with Gasteiger partial charge >= 0.3 is 11.7 Å². The average Bonchev–Trinajstić information content (AvgIpc) is 2.57. The Balaban J connectivity index is 2.53. The van der Waals surface area contributed by atoms with E-state index in [0.717, 1.165) is 0 Å². The number of aromatic amines is 2. The monoisotopic (exact) mass is 222 g/mol. The van der Waals surface area contributed by atoms with Crippen LogP contribution in [0.3, 0.4) is 0 Å². The van der Waals surface area contributed by atoms with Crippen molar-refractivity contribution < 1.29 is 15.0 Å². The minimum Gasteiger partial charge on any atom is -0.481 e. The molecule has 0 fully saturated rings. The first-order valence-corrected chi connectivity index (χ1v) is 4.67. The second kappa shape index (κ2) is 3.82. The summed E-state index contributed by atoms with van der Waals surface area (Å²) < 4.78 is 0. The number of aliphatic carboxylic acids is 1. The summed E-state index contributed by atoms with van der Waals surface area (Å²) in [4.78, 5) is 26.9. The number of imidazole rings is 1. The SMILES string of the molecule is O=C(O)C(CO)c1ccc2[nH]c(=O)[nH]c2c1. The summed E-state index contributed by atoms with van der Waals surface area (Å²) >= 11 is 0. The number of rotatable bonds is 3. The standard InChI is InChI=1S/C10H10N2O4/c13-4-6(9(14)15)5-1-2-7-8(3-5)12-10(16)11-7/h1-3,6,13H,4H2,(H,14,15)(H2,11,12,16). The average molecular weight is 222 g/mol. The maximum absolute atomic E-state index is 11.0. The zero-order chi connectivity index (χ0) is 11.7. The molecule has 0 aliphatic heterocycles. The summed E-state index contributed by atoms with van der Waals surface area (Å²) in [5.74, 6) is -2.07. The highest BCUT2D eigenvalue weighted by Gasteiger charge is 2.19. The molecule has 0 saturated carbocycles. The molecule has 1 aromatic heterocycles. The molecule has 6 nitrogen and oxygen atoms in total. The summed E-state index contributed by atoms with van der Waals surface area (Å²) in [5.41, 5.74) is 1.25. The van der Waals surface area contributed by atoms with E-state index in [1.807, 2.05) is 0 Å². The molecule has 2 aromatic rings. The van der Waals surface area contributed by atoms with Crippen molar-refractivity contribution in [1.82, 2.24) is 9.97 Å². The van der Waals surface area contributed by atoms with Crippen LogP contribution in [-0.2, 0) is 4.79 Å². The zero-order valence-electron chi connectivity index (χ0n) is 8.23. The van der Waals surface area contributed by atoms with Crippen molar-refractivity contribution in [3.05, 3.63) is 34.2 Å². The van der Waals surface area contributed by atoms with Gasteiger partial charge in [-0.1, -0.05) is 6.07 Å². The highest BCUT2D eigenvalue weighted by molar-refractivity contribution is 5.80. The molecule has 6 heteroatoms. The molecule has 2 rings (SSSR count). The number of aromatic nitrogens is 2. The van der Waals surface area contributed by atoms with Crippen molar-refractivity contribution >= 4 is 17.0 Å². The highest BCUT2D eigenvalue weighted by Crippen LogP contribution is 2.19. The third kappa shape index (κ3) is 1.70. The first-order valence-electron chi connectivity index (χ1n) is 4.67. The van der Waals surface area contributed by atoms with Gasteiger partial charge in [0.2, 0.25) is 0 Å². The number of carbonyl (C=O) groups is 1. The van der Waals surface area contributed by atoms with E-state index in [1.54, 1.807) is 18.2 Å². The molecular weight excluding hydrogens is 212 g/mol. The Morgan fingerprint density at radius 3 is 2.62 bits per heavy atom. The van der Waals surface area contributed by atoms with Gasteiger partial charge in [-0.05, 0) is 17.7 Å². The van der Waals surface area contributed by atoms with Crippen LogP contribution in [0.15, 0.2) is 23.0 Å². The fraction of sp³-hybridized carbons (Fsp3) is 0.200. The van der Waals surface area contributed by atoms with E-state index in [2.05, 4.69) is 9.97 Å². The summed E-state index contributed by atoms with van der Waals surface area (Å²) in [7, 11) is 0. The van der Waals surface area contributed by atoms with Crippen LogP contribution in [-0.4, -0.2) is 32.8 Å². The van der Waals surface area contributed by atoms with E-state index in [1.165, 1.54) is 0 Å². The van der Waals surface area contributed by atoms with Crippen LogP contribution < -0.4 is 5.69 Å². The van der Waals surface area contributed by atoms with E-state index in [-0.39, 0.29) is 5.69 Å². The van der Waals surface area contributed by atoms with Gasteiger partial charge in [0.15, 0.2) is 0 Å². The molecule has 1 heterocycles. The third-order valence-corrected chi connectivity index (χ3v) is 2.42. The first-order chi connectivity index (χ1) is 7.61. The van der Waals surface area contributed by atoms with Crippen LogP contribution in [0.5, 0.6) is 0 Å². The fourth-order valence-electron chi connectivity index (χ4n) is 1.59. The lowest BCUT2D eigenvalue weighted by Crippen LogP contribution is -2.15. The van der Waals surface area contributed by atoms with Crippen LogP contribution in [0.1, 0.15) is 11.5 Å². The fourth-order valence-corrected chi connectivity index (χ4v) is 1.59. The normalized spacial score (nSPS) is 12.8. The van der Waals surface area contributed by atoms with Gasteiger partial charge in [-0.25, -0.2) is 4.79 Å². The largest absolute Gasteiger partial charge is 0.481 e. The number of aliphatic hydroxyl groups excluding tert-OH is 1. The van der Waals surface area contributed by atoms with E-state index >= 15 is 0 Å². The van der Waals surface area contributed by atoms with Crippen molar-refractivity contribution in [2.75, 3.05) is 6.61 Å². The van der Waals surface area contributed by atoms with Crippen molar-refractivity contribution in [2.45, 2.75) is 5.92 Å². The number of fused-ring (bicyclic) bond motifs is 1. The Labute approximate surface area is 89.5 Å². The molecule has 0 spiro atoms. The van der Waals surface area contributed by atoms with Gasteiger partial charge in [-0.3, -0.25) is 4.79 Å². The van der Waals surface area contributed by atoms with E-state index < -0.39 is 18.5 Å². The maximum atomic E-state index is 11.0. The van der Waals surface area contributed by atoms with Gasteiger partial charge in [0.05, 0.1) is 17.6 Å². The van der Waals surface area contributed by atoms with Gasteiger partial charge in [0.1, 0.15) is 5.92 Å². The lowest BCUT2D eigenvalue weighted by molar-refractivity contribution is -0.139. The van der Waals surface area contributed by atoms with Crippen molar-refractivity contribution in [2.24, 2.45) is 0 Å². The minimum absolute atomic E-state index is 0.344. The molecule has 0 saturated heterocycles. The smallest absolute Gasteiger partial charge is 0.323 e. The number of benzene rings is 1. The molecule has 84 valence electrons. The summed E-state index contributed by atoms with van der Waals surface area (Å²) in [6, 6.07) is 4.72. The lowest BCUT2D eigenvalue weighted by atomic mass is 10.00. The van der Waals surface area contributed by atoms with Crippen molar-refractivity contribution in [3.8, 4) is 0 Å². The Morgan fingerprint density at radius 2 is 2.00 bits per heavy atom. The van der Waals surface area contributed by atoms with Gasteiger partial charge in [0.25, 0.3) is 0 Å². The van der Waals surface area contributed by atoms with Crippen LogP contribution in [0.2, 0.25) is 0 Å². The Hall–Kier alpha value is -2.08. The number of aliphatic hydroxyl groups is 1. The summed E-state index contributed by atoms with van der Waals surface area (Å²) in [6.07, 6.45) is 0. The van der Waals surface area contributed by atoms with Crippen LogP contribution in [0.25, 0.3) is 11.0 Å². The number of carboxylic acids is 1. The molecule has 0 aliphatic rings. The molecule has 1 atom stereocenters. The molecule has 0 bridgehead atoms. The molecule has 0 radical (unpaired) electrons. The second-order valence-corrected chi connectivity index (χ2v) is 3.46. The number of H-pyrrole nitrogens is 2. The first kappa shape index (κ1) is 10.4. The minimum atomic E-state index is -1.10. The van der Waals surface area contributed by atoms with Crippen molar-refractivity contribution in [3.63, 3.8) is 0 Å². The number of carboxylic acid groups (broad SMARTS) is 1. The van der Waals surface area contributed by atoms with Crippen LogP contribution in [0, 0.1) is 0 Å². The second-order valence-electron chi connectivity index (χ2n) is 3.46. The summed E-state index contributed by atoms with van der Waals surface area (Å²) in [5, 5.41) is 17.8. The zero-order valence-corrected chi connectivity index (χ0v) is 8.23. The highest BCUT2D eigenvalue weighted by atomic mass is 16.4. The molecule has 1 unspecified atom stereocenters. The number of nitrogens with one attached hydrogen (secondary N) is 2. The Morgan fingerprint density at radius 1 is 1.31 bits per heavy atom. The Kier molecular flexibility index (Phi) is 2.49. The maximum Gasteiger partial charge on any atom is 0.323 e. The van der Waals surface area contributed by atoms with Gasteiger partial charge < -0.3 is 20.2 Å². The molecular formula is C10H10N2O4. The molecule has 16 heavy (non-hydrogen) atoms. The number of hydrogen-bond donors (Lipinski definition) is 4. The topological polar surface area (TPSA) is 106 Å². The molecule has 0 aliphatic carbocycles. The van der Waals surface area contributed by atoms with Gasteiger partial charge in [-0.15, -0.1) is 0 Å². The quantitative estimate of drug-likeness (QED) is 0.587. The van der Waals surface area contributed by atoms with Crippen LogP contribution in [0.4, 0.5) is 0 Å². The van der Waals surface area contributed by atoms with Gasteiger partial charge in [-0.2, -0.15) is 0 Å².